The Balaban J connectivity index is 2.02. The largest absolute Gasteiger partial charge is 0.497 e. The van der Waals surface area contributed by atoms with Gasteiger partial charge in [-0.05, 0) is 42.7 Å². The van der Waals surface area contributed by atoms with Crippen molar-refractivity contribution in [1.29, 1.82) is 0 Å². The molecule has 0 bridgehead atoms. The van der Waals surface area contributed by atoms with Gasteiger partial charge < -0.3 is 14.2 Å². The molecule has 10 heteroatoms. The summed E-state index contributed by atoms with van der Waals surface area (Å²) >= 11 is 7.60. The number of rotatable bonds is 4. The molecule has 1 amide bonds. The number of halogens is 1. The first-order chi connectivity index (χ1) is 15.0. The molecular formula is C21H19ClN4O4S. The molecule has 3 aromatic rings. The van der Waals surface area contributed by atoms with E-state index < -0.39 is 6.23 Å². The lowest BCUT2D eigenvalue weighted by Gasteiger charge is -2.30. The number of carbonyl (C=O) groups excluding carboxylic acids is 1. The van der Waals surface area contributed by atoms with E-state index in [4.69, 9.17) is 25.8 Å². The van der Waals surface area contributed by atoms with Crippen molar-refractivity contribution < 1.29 is 19.0 Å². The SMILES string of the molecule is COc1ccc(OC)c(C2Oc3nc(SC)nnc3-c3cc(Cl)ccc3N2C(C)=O)c1. The van der Waals surface area contributed by atoms with Gasteiger partial charge in [0.15, 0.2) is 5.69 Å². The zero-order valence-electron chi connectivity index (χ0n) is 17.2. The molecular weight excluding hydrogens is 440 g/mol. The third-order valence-corrected chi connectivity index (χ3v) is 5.56. The van der Waals surface area contributed by atoms with Crippen LogP contribution in [-0.2, 0) is 4.79 Å². The third-order valence-electron chi connectivity index (χ3n) is 4.79. The van der Waals surface area contributed by atoms with E-state index >= 15 is 0 Å². The van der Waals surface area contributed by atoms with Crippen LogP contribution >= 0.6 is 23.4 Å². The van der Waals surface area contributed by atoms with Crippen molar-refractivity contribution in [1.82, 2.24) is 15.2 Å². The van der Waals surface area contributed by atoms with E-state index in [1.165, 1.54) is 23.6 Å². The highest BCUT2D eigenvalue weighted by Crippen LogP contribution is 2.46. The summed E-state index contributed by atoms with van der Waals surface area (Å²) in [4.78, 5) is 18.9. The molecule has 1 unspecified atom stereocenters. The van der Waals surface area contributed by atoms with Crippen LogP contribution in [0.3, 0.4) is 0 Å². The van der Waals surface area contributed by atoms with Crippen molar-refractivity contribution in [2.45, 2.75) is 18.3 Å². The van der Waals surface area contributed by atoms with Gasteiger partial charge >= 0.3 is 0 Å². The fraction of sp³-hybridized carbons (Fsp3) is 0.238. The Labute approximate surface area is 188 Å². The summed E-state index contributed by atoms with van der Waals surface area (Å²) in [5.41, 5.74) is 2.15. The maximum atomic E-state index is 12.9. The maximum absolute atomic E-state index is 12.9. The van der Waals surface area contributed by atoms with Crippen molar-refractivity contribution in [3.63, 3.8) is 0 Å². The second-order valence-electron chi connectivity index (χ2n) is 6.58. The van der Waals surface area contributed by atoms with Crippen LogP contribution in [0, 0.1) is 0 Å². The average Bonchev–Trinajstić information content (AvgIpc) is 2.92. The molecule has 2 heterocycles. The van der Waals surface area contributed by atoms with Gasteiger partial charge in [-0.2, -0.15) is 4.98 Å². The van der Waals surface area contributed by atoms with Crippen LogP contribution in [0.25, 0.3) is 11.3 Å². The zero-order valence-corrected chi connectivity index (χ0v) is 18.8. The summed E-state index contributed by atoms with van der Waals surface area (Å²) in [5, 5.41) is 9.39. The van der Waals surface area contributed by atoms with Crippen LogP contribution in [0.1, 0.15) is 18.7 Å². The van der Waals surface area contributed by atoms with Crippen molar-refractivity contribution >= 4 is 35.0 Å². The number of amides is 1. The molecule has 2 aromatic carbocycles. The molecule has 31 heavy (non-hydrogen) atoms. The van der Waals surface area contributed by atoms with Crippen LogP contribution in [0.2, 0.25) is 5.02 Å². The third kappa shape index (κ3) is 3.86. The van der Waals surface area contributed by atoms with E-state index in [0.717, 1.165) is 0 Å². The summed E-state index contributed by atoms with van der Waals surface area (Å²) in [6.45, 7) is 1.46. The highest BCUT2D eigenvalue weighted by molar-refractivity contribution is 7.98. The van der Waals surface area contributed by atoms with Crippen molar-refractivity contribution in [2.75, 3.05) is 25.4 Å². The van der Waals surface area contributed by atoms with Gasteiger partial charge in [0.05, 0.1) is 25.5 Å². The van der Waals surface area contributed by atoms with Crippen molar-refractivity contribution in [3.05, 3.63) is 47.0 Å². The highest BCUT2D eigenvalue weighted by atomic mass is 35.5. The predicted molar refractivity (Wildman–Crippen MR) is 118 cm³/mol. The van der Waals surface area contributed by atoms with E-state index in [1.54, 1.807) is 50.6 Å². The van der Waals surface area contributed by atoms with Crippen LogP contribution < -0.4 is 19.1 Å². The number of hydrogen-bond acceptors (Lipinski definition) is 8. The van der Waals surface area contributed by atoms with Gasteiger partial charge in [0.2, 0.25) is 23.2 Å². The van der Waals surface area contributed by atoms with Crippen molar-refractivity contribution in [3.8, 4) is 28.6 Å². The molecule has 4 rings (SSSR count). The lowest BCUT2D eigenvalue weighted by Crippen LogP contribution is -2.36. The van der Waals surface area contributed by atoms with E-state index in [0.29, 0.717) is 44.2 Å². The van der Waals surface area contributed by atoms with Gasteiger partial charge in [0, 0.05) is 17.5 Å². The normalized spacial score (nSPS) is 14.7. The molecule has 0 N–H and O–H groups in total. The van der Waals surface area contributed by atoms with Gasteiger partial charge in [-0.25, -0.2) is 0 Å². The molecule has 0 saturated heterocycles. The lowest BCUT2D eigenvalue weighted by molar-refractivity contribution is -0.118. The Morgan fingerprint density at radius 3 is 2.65 bits per heavy atom. The van der Waals surface area contributed by atoms with E-state index in [9.17, 15) is 4.79 Å². The van der Waals surface area contributed by atoms with Gasteiger partial charge in [-0.3, -0.25) is 9.69 Å². The minimum atomic E-state index is -0.893. The molecule has 0 aliphatic carbocycles. The molecule has 0 fully saturated rings. The minimum Gasteiger partial charge on any atom is -0.497 e. The van der Waals surface area contributed by atoms with Gasteiger partial charge in [-0.1, -0.05) is 23.4 Å². The number of ether oxygens (including phenoxy) is 3. The van der Waals surface area contributed by atoms with Crippen LogP contribution in [0.15, 0.2) is 41.6 Å². The number of nitrogens with zero attached hydrogens (tertiary/aromatic N) is 4. The maximum Gasteiger partial charge on any atom is 0.247 e. The van der Waals surface area contributed by atoms with Crippen LogP contribution in [0.5, 0.6) is 17.4 Å². The smallest absolute Gasteiger partial charge is 0.247 e. The molecule has 0 spiro atoms. The summed E-state index contributed by atoms with van der Waals surface area (Å²) in [5.74, 6) is 1.11. The Morgan fingerprint density at radius 1 is 1.16 bits per heavy atom. The van der Waals surface area contributed by atoms with E-state index in [2.05, 4.69) is 15.2 Å². The van der Waals surface area contributed by atoms with Crippen molar-refractivity contribution in [2.24, 2.45) is 0 Å². The van der Waals surface area contributed by atoms with E-state index in [-0.39, 0.29) is 11.8 Å². The van der Waals surface area contributed by atoms with E-state index in [1.807, 2.05) is 6.26 Å². The Hall–Kier alpha value is -3.04. The van der Waals surface area contributed by atoms with Gasteiger partial charge in [0.25, 0.3) is 0 Å². The summed E-state index contributed by atoms with van der Waals surface area (Å²) in [7, 11) is 3.12. The zero-order chi connectivity index (χ0) is 22.1. The Kier molecular flexibility index (Phi) is 5.88. The van der Waals surface area contributed by atoms with Crippen LogP contribution in [-0.4, -0.2) is 41.6 Å². The Bertz CT molecular complexity index is 1160. The first-order valence-electron chi connectivity index (χ1n) is 9.23. The number of hydrogen-bond donors (Lipinski definition) is 0. The molecule has 1 atom stereocenters. The minimum absolute atomic E-state index is 0.237. The number of benzene rings is 2. The summed E-state index contributed by atoms with van der Waals surface area (Å²) in [6.07, 6.45) is 0.949. The standard InChI is InChI=1S/C21H19ClN4O4S/c1-11(27)26-16-7-5-12(22)9-14(16)18-19(23-21(31-4)25-24-18)30-20(26)15-10-13(28-2)6-8-17(15)29-3/h5-10,20H,1-4H3. The second-order valence-corrected chi connectivity index (χ2v) is 7.79. The number of anilines is 1. The monoisotopic (exact) mass is 458 g/mol. The number of methoxy groups -OCH3 is 2. The first-order valence-corrected chi connectivity index (χ1v) is 10.8. The summed E-state index contributed by atoms with van der Waals surface area (Å²) in [6, 6.07) is 10.5. The number of carbonyl (C=O) groups is 1. The first kappa shape index (κ1) is 21.2. The molecule has 0 radical (unpaired) electrons. The van der Waals surface area contributed by atoms with Gasteiger partial charge in [-0.15, -0.1) is 10.2 Å². The van der Waals surface area contributed by atoms with Gasteiger partial charge in [0.1, 0.15) is 11.5 Å². The quantitative estimate of drug-likeness (QED) is 0.532. The highest BCUT2D eigenvalue weighted by Gasteiger charge is 2.36. The number of thioether (sulfide) groups is 1. The molecule has 8 nitrogen and oxygen atoms in total. The van der Waals surface area contributed by atoms with Crippen LogP contribution in [0.4, 0.5) is 5.69 Å². The fourth-order valence-electron chi connectivity index (χ4n) is 3.40. The average molecular weight is 459 g/mol. The Morgan fingerprint density at radius 2 is 1.97 bits per heavy atom. The summed E-state index contributed by atoms with van der Waals surface area (Å²) < 4.78 is 17.3. The second kappa shape index (κ2) is 8.60. The molecule has 1 aromatic heterocycles. The number of aromatic nitrogens is 3. The number of fused-ring (bicyclic) bond motifs is 3. The molecule has 1 aliphatic heterocycles. The predicted octanol–water partition coefficient (Wildman–Crippen LogP) is 4.38. The topological polar surface area (TPSA) is 86.7 Å². The lowest BCUT2D eigenvalue weighted by atomic mass is 10.1. The fourth-order valence-corrected chi connectivity index (χ4v) is 3.87. The molecule has 1 aliphatic rings. The molecule has 0 saturated carbocycles. The molecule has 160 valence electrons.